The zero-order valence-corrected chi connectivity index (χ0v) is 12.4. The van der Waals surface area contributed by atoms with Crippen LogP contribution in [-0.2, 0) is 10.8 Å². The summed E-state index contributed by atoms with van der Waals surface area (Å²) in [5.74, 6) is 1.31. The van der Waals surface area contributed by atoms with E-state index in [2.05, 4.69) is 15.9 Å². The lowest BCUT2D eigenvalue weighted by molar-refractivity contribution is 0.0762. The molecule has 92 valence electrons. The monoisotopic (exact) mass is 333 g/mol. The molecule has 1 unspecified atom stereocenters. The molecule has 1 aromatic rings. The Morgan fingerprint density at radius 3 is 3.00 bits per heavy atom. The van der Waals surface area contributed by atoms with Crippen molar-refractivity contribution in [1.29, 1.82) is 0 Å². The van der Waals surface area contributed by atoms with Gasteiger partial charge in [0.05, 0.1) is 19.5 Å². The summed E-state index contributed by atoms with van der Waals surface area (Å²) in [6.45, 7) is 1.46. The van der Waals surface area contributed by atoms with Crippen LogP contribution < -0.4 is 0 Å². The van der Waals surface area contributed by atoms with Gasteiger partial charge in [-0.1, -0.05) is 0 Å². The van der Waals surface area contributed by atoms with Gasteiger partial charge in [-0.25, -0.2) is 0 Å². The minimum Gasteiger partial charge on any atom is -0.337 e. The van der Waals surface area contributed by atoms with Crippen LogP contribution in [0.4, 0.5) is 0 Å². The third kappa shape index (κ3) is 2.35. The molecule has 3 nitrogen and oxygen atoms in total. The summed E-state index contributed by atoms with van der Waals surface area (Å²) in [6.07, 6.45) is 2.46. The summed E-state index contributed by atoms with van der Waals surface area (Å²) in [5.41, 5.74) is 0. The van der Waals surface area contributed by atoms with Crippen molar-refractivity contribution in [2.45, 2.75) is 17.7 Å². The van der Waals surface area contributed by atoms with Crippen LogP contribution in [0.15, 0.2) is 14.7 Å². The van der Waals surface area contributed by atoms with E-state index in [-0.39, 0.29) is 5.91 Å². The van der Waals surface area contributed by atoms with Crippen LogP contribution in [-0.4, -0.2) is 33.9 Å². The van der Waals surface area contributed by atoms with Crippen molar-refractivity contribution in [2.24, 2.45) is 5.92 Å². The van der Waals surface area contributed by atoms with Crippen LogP contribution in [0, 0.1) is 5.92 Å². The Morgan fingerprint density at radius 1 is 1.53 bits per heavy atom. The Labute approximate surface area is 115 Å². The van der Waals surface area contributed by atoms with Crippen molar-refractivity contribution in [2.75, 3.05) is 18.8 Å². The smallest absolute Gasteiger partial charge is 0.265 e. The molecule has 1 aliphatic heterocycles. The summed E-state index contributed by atoms with van der Waals surface area (Å²) < 4.78 is 12.9. The van der Waals surface area contributed by atoms with Crippen LogP contribution in [0.5, 0.6) is 0 Å². The molecule has 1 aliphatic carbocycles. The van der Waals surface area contributed by atoms with Gasteiger partial charge in [-0.3, -0.25) is 9.00 Å². The summed E-state index contributed by atoms with van der Waals surface area (Å²) in [5, 5.41) is 0. The van der Waals surface area contributed by atoms with E-state index in [9.17, 15) is 9.00 Å². The van der Waals surface area contributed by atoms with E-state index in [0.717, 1.165) is 10.3 Å². The van der Waals surface area contributed by atoms with Crippen LogP contribution >= 0.6 is 27.3 Å². The topological polar surface area (TPSA) is 37.4 Å². The van der Waals surface area contributed by atoms with E-state index in [0.29, 0.717) is 28.0 Å². The van der Waals surface area contributed by atoms with Gasteiger partial charge in [-0.15, -0.1) is 11.3 Å². The number of hydrogen-bond donors (Lipinski definition) is 0. The summed E-state index contributed by atoms with van der Waals surface area (Å²) in [4.78, 5) is 15.6. The van der Waals surface area contributed by atoms with Gasteiger partial charge in [0.2, 0.25) is 0 Å². The molecular weight excluding hydrogens is 322 g/mol. The van der Waals surface area contributed by atoms with Crippen molar-refractivity contribution in [3.05, 3.63) is 14.7 Å². The Balaban J connectivity index is 1.93. The summed E-state index contributed by atoms with van der Waals surface area (Å²) in [6, 6.07) is 1.83. The maximum atomic E-state index is 12.3. The highest BCUT2D eigenvalue weighted by molar-refractivity contribution is 9.11. The Hall–Kier alpha value is -0.200. The molecule has 0 N–H and O–H groups in total. The van der Waals surface area contributed by atoms with Crippen molar-refractivity contribution in [1.82, 2.24) is 4.90 Å². The van der Waals surface area contributed by atoms with Crippen LogP contribution in [0.1, 0.15) is 22.5 Å². The lowest BCUT2D eigenvalue weighted by Gasteiger charge is -2.19. The quantitative estimate of drug-likeness (QED) is 0.833. The van der Waals surface area contributed by atoms with Crippen molar-refractivity contribution >= 4 is 44.0 Å². The summed E-state index contributed by atoms with van der Waals surface area (Å²) >= 11 is 4.77. The van der Waals surface area contributed by atoms with Gasteiger partial charge >= 0.3 is 0 Å². The second kappa shape index (κ2) is 4.48. The van der Waals surface area contributed by atoms with E-state index in [1.807, 2.05) is 11.0 Å². The first-order valence-electron chi connectivity index (χ1n) is 5.62. The molecule has 1 aromatic heterocycles. The Bertz CT molecular complexity index is 496. The number of hydrogen-bond acceptors (Lipinski definition) is 3. The molecule has 3 rings (SSSR count). The third-order valence-corrected chi connectivity index (χ3v) is 6.24. The number of carbonyl (C=O) groups is 1. The fraction of sp³-hybridized carbons (Fsp3) is 0.545. The zero-order chi connectivity index (χ0) is 12.0. The molecular formula is C11H12BrNO2S2. The lowest BCUT2D eigenvalue weighted by atomic mass is 10.3. The van der Waals surface area contributed by atoms with E-state index < -0.39 is 10.8 Å². The molecule has 0 spiro atoms. The second-order valence-electron chi connectivity index (χ2n) is 4.49. The van der Waals surface area contributed by atoms with Gasteiger partial charge in [0.1, 0.15) is 4.88 Å². The minimum atomic E-state index is -1.03. The molecule has 17 heavy (non-hydrogen) atoms. The van der Waals surface area contributed by atoms with Gasteiger partial charge in [0.15, 0.2) is 0 Å². The number of fused-ring (bicyclic) bond motifs is 1. The fourth-order valence-corrected chi connectivity index (χ4v) is 5.24. The van der Waals surface area contributed by atoms with Gasteiger partial charge < -0.3 is 4.90 Å². The minimum absolute atomic E-state index is 0.0634. The van der Waals surface area contributed by atoms with Gasteiger partial charge in [-0.05, 0) is 40.8 Å². The maximum Gasteiger partial charge on any atom is 0.265 e. The van der Waals surface area contributed by atoms with Gasteiger partial charge in [0.25, 0.3) is 5.91 Å². The second-order valence-corrected chi connectivity index (χ2v) is 8.46. The highest BCUT2D eigenvalue weighted by Crippen LogP contribution is 2.35. The molecule has 0 aromatic carbocycles. The first kappa shape index (κ1) is 11.9. The average molecular weight is 334 g/mol. The molecule has 2 aliphatic rings. The molecule has 0 radical (unpaired) electrons. The molecule has 1 fully saturated rings. The first-order chi connectivity index (χ1) is 8.15. The number of halogens is 1. The van der Waals surface area contributed by atoms with Crippen molar-refractivity contribution in [3.63, 3.8) is 0 Å². The van der Waals surface area contributed by atoms with Crippen LogP contribution in [0.3, 0.4) is 0 Å². The Kier molecular flexibility index (Phi) is 3.13. The summed E-state index contributed by atoms with van der Waals surface area (Å²) in [7, 11) is -1.03. The number of carbonyl (C=O) groups excluding carboxylic acids is 1. The third-order valence-electron chi connectivity index (χ3n) is 3.12. The SMILES string of the molecule is O=C1c2sc(Br)cc2S(=O)CCN1CC1CC1. The van der Waals surface area contributed by atoms with E-state index in [1.54, 1.807) is 0 Å². The molecule has 1 amide bonds. The molecule has 1 atom stereocenters. The number of nitrogens with zero attached hydrogens (tertiary/aromatic N) is 1. The zero-order valence-electron chi connectivity index (χ0n) is 9.15. The number of amides is 1. The van der Waals surface area contributed by atoms with Gasteiger partial charge in [-0.2, -0.15) is 0 Å². The normalized spacial score (nSPS) is 24.6. The number of rotatable bonds is 2. The van der Waals surface area contributed by atoms with E-state index >= 15 is 0 Å². The first-order valence-corrected chi connectivity index (χ1v) is 8.55. The molecule has 0 bridgehead atoms. The average Bonchev–Trinajstić information content (AvgIpc) is 3.04. The van der Waals surface area contributed by atoms with E-state index in [1.165, 1.54) is 24.2 Å². The standard InChI is InChI=1S/C11H12BrNO2S2/c12-9-5-8-10(16-9)11(14)13(3-4-17(8)15)6-7-1-2-7/h5,7H,1-4,6H2. The maximum absolute atomic E-state index is 12.3. The van der Waals surface area contributed by atoms with E-state index in [4.69, 9.17) is 0 Å². The largest absolute Gasteiger partial charge is 0.337 e. The van der Waals surface area contributed by atoms with Crippen molar-refractivity contribution < 1.29 is 9.00 Å². The Morgan fingerprint density at radius 2 is 2.29 bits per heavy atom. The lowest BCUT2D eigenvalue weighted by Crippen LogP contribution is -2.33. The molecule has 2 heterocycles. The highest BCUT2D eigenvalue weighted by atomic mass is 79.9. The molecule has 6 heteroatoms. The predicted molar refractivity (Wildman–Crippen MR) is 71.9 cm³/mol. The number of thiophene rings is 1. The van der Waals surface area contributed by atoms with Crippen LogP contribution in [0.25, 0.3) is 0 Å². The van der Waals surface area contributed by atoms with Crippen LogP contribution in [0.2, 0.25) is 0 Å². The molecule has 0 saturated heterocycles. The predicted octanol–water partition coefficient (Wildman–Crippen LogP) is 2.48. The van der Waals surface area contributed by atoms with Gasteiger partial charge in [0, 0.05) is 18.8 Å². The highest BCUT2D eigenvalue weighted by Gasteiger charge is 2.32. The van der Waals surface area contributed by atoms with Crippen molar-refractivity contribution in [3.8, 4) is 0 Å². The fourth-order valence-electron chi connectivity index (χ4n) is 2.00. The molecule has 1 saturated carbocycles.